The van der Waals surface area contributed by atoms with Gasteiger partial charge < -0.3 is 9.63 Å². The number of aryl methyl sites for hydroxylation is 1. The molecule has 6 heteroatoms. The Morgan fingerprint density at radius 1 is 1.71 bits per heavy atom. The van der Waals surface area contributed by atoms with Crippen LogP contribution in [-0.4, -0.2) is 27.3 Å². The third-order valence-corrected chi connectivity index (χ3v) is 1.75. The van der Waals surface area contributed by atoms with E-state index in [0.717, 1.165) is 0 Å². The van der Waals surface area contributed by atoms with Crippen LogP contribution in [0.1, 0.15) is 25.6 Å². The number of nitrogens with zero attached hydrogens (tertiary/aromatic N) is 2. The summed E-state index contributed by atoms with van der Waals surface area (Å²) in [7, 11) is 0. The number of hydrogen-bond donors (Lipinski definition) is 2. The number of aromatic nitrogens is 2. The summed E-state index contributed by atoms with van der Waals surface area (Å²) in [5, 5.41) is 15.0. The maximum absolute atomic E-state index is 10.5. The molecule has 6 nitrogen and oxygen atoms in total. The summed E-state index contributed by atoms with van der Waals surface area (Å²) in [6, 6.07) is -0.612. The highest BCUT2D eigenvalue weighted by atomic mass is 16.5. The summed E-state index contributed by atoms with van der Waals surface area (Å²) in [6.45, 7) is 3.77. The van der Waals surface area contributed by atoms with Crippen LogP contribution in [0.2, 0.25) is 0 Å². The van der Waals surface area contributed by atoms with Gasteiger partial charge in [0.05, 0.1) is 6.54 Å². The Kier molecular flexibility index (Phi) is 3.58. The van der Waals surface area contributed by atoms with Gasteiger partial charge in [-0.25, -0.2) is 0 Å². The molecule has 0 bridgehead atoms. The number of rotatable bonds is 5. The minimum absolute atomic E-state index is 0.303. The van der Waals surface area contributed by atoms with Crippen molar-refractivity contribution in [2.75, 3.05) is 0 Å². The lowest BCUT2D eigenvalue weighted by Gasteiger charge is -2.05. The predicted octanol–water partition coefficient (Wildman–Crippen LogP) is 0.195. The first-order valence-electron chi connectivity index (χ1n) is 4.41. The third kappa shape index (κ3) is 2.81. The van der Waals surface area contributed by atoms with Gasteiger partial charge >= 0.3 is 5.97 Å². The van der Waals surface area contributed by atoms with Crippen molar-refractivity contribution in [3.63, 3.8) is 0 Å². The van der Waals surface area contributed by atoms with Gasteiger partial charge in [-0.1, -0.05) is 12.1 Å². The van der Waals surface area contributed by atoms with Gasteiger partial charge in [0, 0.05) is 6.42 Å². The lowest BCUT2D eigenvalue weighted by atomic mass is 10.3. The van der Waals surface area contributed by atoms with E-state index in [4.69, 9.17) is 9.63 Å². The molecule has 2 N–H and O–H groups in total. The van der Waals surface area contributed by atoms with Gasteiger partial charge in [0.1, 0.15) is 6.04 Å². The van der Waals surface area contributed by atoms with Gasteiger partial charge in [0.25, 0.3) is 0 Å². The Morgan fingerprint density at radius 2 is 2.43 bits per heavy atom. The van der Waals surface area contributed by atoms with Crippen LogP contribution in [0.3, 0.4) is 0 Å². The van der Waals surface area contributed by atoms with E-state index in [-0.39, 0.29) is 0 Å². The highest BCUT2D eigenvalue weighted by Gasteiger charge is 2.11. The number of aliphatic carboxylic acids is 1. The van der Waals surface area contributed by atoms with Gasteiger partial charge in [-0.05, 0) is 6.92 Å². The quantitative estimate of drug-likeness (QED) is 0.704. The van der Waals surface area contributed by atoms with E-state index in [0.29, 0.717) is 24.7 Å². The van der Waals surface area contributed by atoms with E-state index >= 15 is 0 Å². The topological polar surface area (TPSA) is 88.2 Å². The molecule has 78 valence electrons. The van der Waals surface area contributed by atoms with Gasteiger partial charge in [-0.3, -0.25) is 10.1 Å². The highest BCUT2D eigenvalue weighted by molar-refractivity contribution is 5.72. The van der Waals surface area contributed by atoms with Crippen LogP contribution in [0.5, 0.6) is 0 Å². The summed E-state index contributed by atoms with van der Waals surface area (Å²) in [6.07, 6.45) is 0.682. The summed E-state index contributed by atoms with van der Waals surface area (Å²) < 4.78 is 4.86. The van der Waals surface area contributed by atoms with Crippen LogP contribution < -0.4 is 5.32 Å². The van der Waals surface area contributed by atoms with E-state index in [1.807, 2.05) is 6.92 Å². The summed E-state index contributed by atoms with van der Waals surface area (Å²) in [4.78, 5) is 14.5. The summed E-state index contributed by atoms with van der Waals surface area (Å²) in [5.41, 5.74) is 0. The Balaban J connectivity index is 2.41. The fraction of sp³-hybridized carbons (Fsp3) is 0.625. The van der Waals surface area contributed by atoms with E-state index < -0.39 is 12.0 Å². The minimum Gasteiger partial charge on any atom is -0.480 e. The maximum Gasteiger partial charge on any atom is 0.320 e. The molecule has 0 unspecified atom stereocenters. The third-order valence-electron chi connectivity index (χ3n) is 1.75. The molecule has 1 heterocycles. The van der Waals surface area contributed by atoms with Crippen molar-refractivity contribution in [3.8, 4) is 0 Å². The number of nitrogens with one attached hydrogen (secondary N) is 1. The Hall–Kier alpha value is -1.43. The molecular weight excluding hydrogens is 186 g/mol. The lowest BCUT2D eigenvalue weighted by Crippen LogP contribution is -2.33. The second kappa shape index (κ2) is 4.71. The van der Waals surface area contributed by atoms with Crippen molar-refractivity contribution >= 4 is 5.97 Å². The summed E-state index contributed by atoms with van der Waals surface area (Å²) in [5.74, 6) is 0.143. The van der Waals surface area contributed by atoms with Crippen LogP contribution in [0.15, 0.2) is 4.52 Å². The van der Waals surface area contributed by atoms with Crippen molar-refractivity contribution in [2.45, 2.75) is 32.9 Å². The number of carboxylic acid groups (broad SMARTS) is 1. The molecule has 0 saturated heterocycles. The zero-order chi connectivity index (χ0) is 10.6. The molecule has 0 fully saturated rings. The molecule has 0 radical (unpaired) electrons. The smallest absolute Gasteiger partial charge is 0.320 e. The molecule has 1 aromatic heterocycles. The van der Waals surface area contributed by atoms with Crippen LogP contribution in [-0.2, 0) is 17.8 Å². The SMILES string of the molecule is CCc1nc(CN[C@@H](C)C(=O)O)no1. The molecule has 0 aliphatic heterocycles. The van der Waals surface area contributed by atoms with Crippen molar-refractivity contribution in [1.29, 1.82) is 0 Å². The molecular formula is C8H13N3O3. The van der Waals surface area contributed by atoms with Crippen LogP contribution >= 0.6 is 0 Å². The van der Waals surface area contributed by atoms with Crippen LogP contribution in [0.4, 0.5) is 0 Å². The Morgan fingerprint density at radius 3 is 2.93 bits per heavy atom. The first kappa shape index (κ1) is 10.6. The molecule has 0 saturated carbocycles. The van der Waals surface area contributed by atoms with Crippen molar-refractivity contribution < 1.29 is 14.4 Å². The largest absolute Gasteiger partial charge is 0.480 e. The standard InChI is InChI=1S/C8H13N3O3/c1-3-7-10-6(11-14-7)4-9-5(2)8(12)13/h5,9H,3-4H2,1-2H3,(H,12,13)/t5-/m0/s1. The first-order chi connectivity index (χ1) is 6.63. The number of hydrogen-bond acceptors (Lipinski definition) is 5. The monoisotopic (exact) mass is 199 g/mol. The molecule has 1 atom stereocenters. The number of carbonyl (C=O) groups is 1. The minimum atomic E-state index is -0.899. The predicted molar refractivity (Wildman–Crippen MR) is 47.6 cm³/mol. The van der Waals surface area contributed by atoms with Crippen molar-refractivity contribution in [2.24, 2.45) is 0 Å². The van der Waals surface area contributed by atoms with Crippen LogP contribution in [0, 0.1) is 0 Å². The molecule has 0 amide bonds. The van der Waals surface area contributed by atoms with E-state index in [9.17, 15) is 4.79 Å². The summed E-state index contributed by atoms with van der Waals surface area (Å²) >= 11 is 0. The second-order valence-electron chi connectivity index (χ2n) is 2.90. The van der Waals surface area contributed by atoms with Gasteiger partial charge in [0.15, 0.2) is 5.82 Å². The van der Waals surface area contributed by atoms with E-state index in [1.165, 1.54) is 0 Å². The van der Waals surface area contributed by atoms with Crippen molar-refractivity contribution in [3.05, 3.63) is 11.7 Å². The normalized spacial score (nSPS) is 12.7. The highest BCUT2D eigenvalue weighted by Crippen LogP contribution is 1.97. The fourth-order valence-electron chi connectivity index (χ4n) is 0.837. The molecule has 1 rings (SSSR count). The lowest BCUT2D eigenvalue weighted by molar-refractivity contribution is -0.139. The van der Waals surface area contributed by atoms with E-state index in [1.54, 1.807) is 6.92 Å². The molecule has 0 spiro atoms. The first-order valence-corrected chi connectivity index (χ1v) is 4.41. The molecule has 0 aromatic carbocycles. The van der Waals surface area contributed by atoms with Gasteiger partial charge in [-0.15, -0.1) is 0 Å². The fourth-order valence-corrected chi connectivity index (χ4v) is 0.837. The zero-order valence-electron chi connectivity index (χ0n) is 8.15. The average Bonchev–Trinajstić information content (AvgIpc) is 2.61. The Bertz CT molecular complexity index is 311. The van der Waals surface area contributed by atoms with E-state index in [2.05, 4.69) is 15.5 Å². The molecule has 0 aliphatic rings. The van der Waals surface area contributed by atoms with Crippen molar-refractivity contribution in [1.82, 2.24) is 15.5 Å². The average molecular weight is 199 g/mol. The van der Waals surface area contributed by atoms with Gasteiger partial charge in [-0.2, -0.15) is 4.98 Å². The van der Waals surface area contributed by atoms with Gasteiger partial charge in [0.2, 0.25) is 5.89 Å². The molecule has 0 aliphatic carbocycles. The number of carboxylic acids is 1. The van der Waals surface area contributed by atoms with Crippen LogP contribution in [0.25, 0.3) is 0 Å². The Labute approximate surface area is 81.3 Å². The molecule has 14 heavy (non-hydrogen) atoms. The maximum atomic E-state index is 10.5. The second-order valence-corrected chi connectivity index (χ2v) is 2.90. The molecule has 1 aromatic rings. The zero-order valence-corrected chi connectivity index (χ0v) is 8.15.